The molecule has 19 heavy (non-hydrogen) atoms. The van der Waals surface area contributed by atoms with Crippen LogP contribution in [0.3, 0.4) is 0 Å². The van der Waals surface area contributed by atoms with Gasteiger partial charge in [0.2, 0.25) is 0 Å². The lowest BCUT2D eigenvalue weighted by Crippen LogP contribution is -2.48. The van der Waals surface area contributed by atoms with E-state index in [-0.39, 0.29) is 16.8 Å². The first-order valence-electron chi connectivity index (χ1n) is 5.93. The first kappa shape index (κ1) is 13.5. The molecule has 104 valence electrons. The highest BCUT2D eigenvalue weighted by Gasteiger charge is 2.62. The zero-order valence-electron chi connectivity index (χ0n) is 9.97. The van der Waals surface area contributed by atoms with Crippen LogP contribution in [0.25, 0.3) is 0 Å². The Morgan fingerprint density at radius 3 is 2.32 bits per heavy atom. The number of alkyl halides is 4. The highest BCUT2D eigenvalue weighted by molar-refractivity contribution is 14.1. The fourth-order valence-corrected chi connectivity index (χ4v) is 3.87. The molecular formula is C13H12F3IO2. The summed E-state index contributed by atoms with van der Waals surface area (Å²) in [5, 5.41) is 0. The Hall–Kier alpha value is -0.500. The Morgan fingerprint density at radius 1 is 1.21 bits per heavy atom. The topological polar surface area (TPSA) is 18.5 Å². The number of benzene rings is 1. The molecule has 6 heteroatoms. The van der Waals surface area contributed by atoms with Gasteiger partial charge >= 0.3 is 6.36 Å². The molecule has 2 bridgehead atoms. The van der Waals surface area contributed by atoms with Crippen LogP contribution in [0.1, 0.15) is 18.4 Å². The molecule has 4 rings (SSSR count). The second kappa shape index (κ2) is 4.25. The molecule has 2 aliphatic heterocycles. The van der Waals surface area contributed by atoms with Gasteiger partial charge in [-0.3, -0.25) is 0 Å². The first-order valence-corrected chi connectivity index (χ1v) is 7.45. The Kier molecular flexibility index (Phi) is 3.01. The predicted octanol–water partition coefficient (Wildman–Crippen LogP) is 3.82. The van der Waals surface area contributed by atoms with E-state index in [1.54, 1.807) is 12.1 Å². The highest BCUT2D eigenvalue weighted by atomic mass is 127. The van der Waals surface area contributed by atoms with Crippen molar-refractivity contribution >= 4 is 22.6 Å². The van der Waals surface area contributed by atoms with Crippen molar-refractivity contribution in [2.45, 2.75) is 30.2 Å². The minimum Gasteiger partial charge on any atom is -0.406 e. The monoisotopic (exact) mass is 384 g/mol. The Morgan fingerprint density at radius 2 is 1.84 bits per heavy atom. The molecule has 3 aliphatic rings. The van der Waals surface area contributed by atoms with E-state index in [1.165, 1.54) is 12.1 Å². The smallest absolute Gasteiger partial charge is 0.406 e. The number of hydrogen-bond acceptors (Lipinski definition) is 2. The Bertz CT molecular complexity index is 478. The van der Waals surface area contributed by atoms with Crippen molar-refractivity contribution in [3.63, 3.8) is 0 Å². The number of rotatable bonds is 3. The van der Waals surface area contributed by atoms with Gasteiger partial charge in [0.05, 0.1) is 12.2 Å². The highest BCUT2D eigenvalue weighted by Crippen LogP contribution is 2.59. The number of hydrogen-bond donors (Lipinski definition) is 0. The number of ether oxygens (including phenoxy) is 2. The van der Waals surface area contributed by atoms with E-state index in [0.717, 1.165) is 22.8 Å². The summed E-state index contributed by atoms with van der Waals surface area (Å²) in [6.45, 7) is 0.662. The van der Waals surface area contributed by atoms with Gasteiger partial charge in [-0.25, -0.2) is 0 Å². The van der Waals surface area contributed by atoms with E-state index in [0.29, 0.717) is 6.61 Å². The van der Waals surface area contributed by atoms with Gasteiger partial charge in [-0.1, -0.05) is 34.7 Å². The number of fused-ring (bicyclic) bond motifs is 1. The van der Waals surface area contributed by atoms with E-state index in [1.807, 2.05) is 0 Å². The van der Waals surface area contributed by atoms with Crippen molar-refractivity contribution in [1.29, 1.82) is 0 Å². The Balaban J connectivity index is 1.75. The second-order valence-corrected chi connectivity index (χ2v) is 6.07. The molecular weight excluding hydrogens is 372 g/mol. The summed E-state index contributed by atoms with van der Waals surface area (Å²) in [5.74, 6) is -0.175. The normalized spacial score (nSPS) is 33.1. The van der Waals surface area contributed by atoms with Gasteiger partial charge in [-0.2, -0.15) is 0 Å². The SMILES string of the molecule is FC(F)(F)Oc1ccc(C23COC(CI)(C2)C3)cc1. The maximum Gasteiger partial charge on any atom is 0.573 e. The van der Waals surface area contributed by atoms with Crippen molar-refractivity contribution < 1.29 is 22.6 Å². The van der Waals surface area contributed by atoms with Crippen LogP contribution in [-0.4, -0.2) is 23.0 Å². The third-order valence-electron chi connectivity index (χ3n) is 3.92. The molecule has 3 fully saturated rings. The third kappa shape index (κ3) is 2.33. The maximum absolute atomic E-state index is 12.1. The average Bonchev–Trinajstić information content (AvgIpc) is 2.84. The standard InChI is InChI=1S/C13H12F3IO2/c14-13(15,16)19-10-3-1-9(2-4-10)11-5-12(6-11,7-17)18-8-11/h1-4H,5-8H2. The average molecular weight is 384 g/mol. The lowest BCUT2D eigenvalue weighted by Gasteiger charge is -2.44. The van der Waals surface area contributed by atoms with Gasteiger partial charge in [0.15, 0.2) is 0 Å². The molecule has 2 heterocycles. The molecule has 0 N–H and O–H groups in total. The summed E-state index contributed by atoms with van der Waals surface area (Å²) >= 11 is 2.32. The van der Waals surface area contributed by atoms with E-state index in [4.69, 9.17) is 4.74 Å². The van der Waals surface area contributed by atoms with Crippen LogP contribution in [-0.2, 0) is 10.2 Å². The van der Waals surface area contributed by atoms with E-state index in [9.17, 15) is 13.2 Å². The number of halogens is 4. The zero-order valence-corrected chi connectivity index (χ0v) is 12.1. The van der Waals surface area contributed by atoms with Crippen LogP contribution >= 0.6 is 22.6 Å². The lowest BCUT2D eigenvalue weighted by atomic mass is 9.60. The largest absolute Gasteiger partial charge is 0.573 e. The lowest BCUT2D eigenvalue weighted by molar-refractivity contribution is -0.274. The minimum absolute atomic E-state index is 0.00169. The summed E-state index contributed by atoms with van der Waals surface area (Å²) in [6.07, 6.45) is -2.71. The molecule has 1 aromatic rings. The van der Waals surface area contributed by atoms with Crippen LogP contribution in [0.15, 0.2) is 24.3 Å². The first-order chi connectivity index (χ1) is 8.87. The van der Waals surface area contributed by atoms with Crippen molar-refractivity contribution in [3.8, 4) is 5.75 Å². The summed E-state index contributed by atoms with van der Waals surface area (Å²) < 4.78 is 46.9. The fraction of sp³-hybridized carbons (Fsp3) is 0.538. The fourth-order valence-electron chi connectivity index (χ4n) is 3.11. The summed E-state index contributed by atoms with van der Waals surface area (Å²) in [4.78, 5) is 0. The van der Waals surface area contributed by atoms with Gasteiger partial charge in [0, 0.05) is 9.84 Å². The summed E-state index contributed by atoms with van der Waals surface area (Å²) in [5.41, 5.74) is 1.05. The molecule has 2 nitrogen and oxygen atoms in total. The van der Waals surface area contributed by atoms with E-state index < -0.39 is 6.36 Å². The van der Waals surface area contributed by atoms with Crippen LogP contribution in [0.2, 0.25) is 0 Å². The summed E-state index contributed by atoms with van der Waals surface area (Å²) in [7, 11) is 0. The molecule has 0 unspecified atom stereocenters. The molecule has 1 aromatic carbocycles. The Labute approximate surface area is 122 Å². The molecule has 0 atom stereocenters. The van der Waals surface area contributed by atoms with Crippen molar-refractivity contribution in [3.05, 3.63) is 29.8 Å². The molecule has 2 saturated heterocycles. The molecule has 0 amide bonds. The molecule has 0 radical (unpaired) electrons. The van der Waals surface area contributed by atoms with E-state index >= 15 is 0 Å². The van der Waals surface area contributed by atoms with Gasteiger partial charge in [0.1, 0.15) is 5.75 Å². The van der Waals surface area contributed by atoms with Gasteiger partial charge in [-0.05, 0) is 30.5 Å². The predicted molar refractivity (Wildman–Crippen MR) is 71.6 cm³/mol. The van der Waals surface area contributed by atoms with Gasteiger partial charge in [0.25, 0.3) is 0 Å². The van der Waals surface area contributed by atoms with Crippen LogP contribution in [0.5, 0.6) is 5.75 Å². The molecule has 1 aliphatic carbocycles. The zero-order chi connectivity index (χ0) is 13.7. The molecule has 0 aromatic heterocycles. The van der Waals surface area contributed by atoms with Crippen LogP contribution in [0, 0.1) is 0 Å². The minimum atomic E-state index is -4.64. The van der Waals surface area contributed by atoms with Crippen molar-refractivity contribution in [2.75, 3.05) is 11.0 Å². The summed E-state index contributed by atoms with van der Waals surface area (Å²) in [6, 6.07) is 6.18. The third-order valence-corrected chi connectivity index (χ3v) is 5.31. The van der Waals surface area contributed by atoms with Gasteiger partial charge < -0.3 is 9.47 Å². The van der Waals surface area contributed by atoms with E-state index in [2.05, 4.69) is 27.3 Å². The molecule has 1 saturated carbocycles. The van der Waals surface area contributed by atoms with Crippen LogP contribution < -0.4 is 4.74 Å². The van der Waals surface area contributed by atoms with Crippen molar-refractivity contribution in [1.82, 2.24) is 0 Å². The van der Waals surface area contributed by atoms with Gasteiger partial charge in [-0.15, -0.1) is 13.2 Å². The maximum atomic E-state index is 12.1. The van der Waals surface area contributed by atoms with Crippen molar-refractivity contribution in [2.24, 2.45) is 0 Å². The quantitative estimate of drug-likeness (QED) is 0.583. The molecule has 0 spiro atoms. The van der Waals surface area contributed by atoms with Crippen LogP contribution in [0.4, 0.5) is 13.2 Å². The second-order valence-electron chi connectivity index (χ2n) is 5.31.